The van der Waals surface area contributed by atoms with Crippen LogP contribution in [0.25, 0.3) is 11.1 Å². The van der Waals surface area contributed by atoms with E-state index in [9.17, 15) is 28.8 Å². The van der Waals surface area contributed by atoms with E-state index < -0.39 is 18.1 Å². The van der Waals surface area contributed by atoms with E-state index in [0.29, 0.717) is 63.2 Å². The Labute approximate surface area is 471 Å². The molecule has 13 heteroatoms. The van der Waals surface area contributed by atoms with Gasteiger partial charge in [-0.1, -0.05) is 137 Å². The molecule has 4 aromatic rings. The van der Waals surface area contributed by atoms with Gasteiger partial charge in [-0.15, -0.1) is 0 Å². The number of nitrogens with one attached hydrogen (secondary N) is 3. The number of nitrogens with zero attached hydrogens (tertiary/aromatic N) is 4. The molecule has 3 N–H and O–H groups in total. The number of likely N-dealkylation sites (tertiary alicyclic amines) is 2. The highest BCUT2D eigenvalue weighted by atomic mass is 16.2. The molecule has 4 aromatic carbocycles. The Morgan fingerprint density at radius 1 is 0.481 bits per heavy atom. The van der Waals surface area contributed by atoms with E-state index in [1.54, 1.807) is 7.05 Å². The molecule has 5 atom stereocenters. The van der Waals surface area contributed by atoms with Crippen molar-refractivity contribution in [3.8, 4) is 11.1 Å². The van der Waals surface area contributed by atoms with Crippen LogP contribution >= 0.6 is 0 Å². The molecule has 424 valence electrons. The number of amides is 6. The molecule has 79 heavy (non-hydrogen) atoms. The molecule has 0 unspecified atom stereocenters. The number of rotatable bonds is 22. The lowest BCUT2D eigenvalue weighted by atomic mass is 9.82. The molecular weight excluding hydrogens is 987 g/mol. The van der Waals surface area contributed by atoms with Crippen LogP contribution < -0.4 is 16.0 Å². The Hall–Kier alpha value is -6.34. The average Bonchev–Trinajstić information content (AvgIpc) is 3.51. The first-order chi connectivity index (χ1) is 38.4. The average molecular weight is 1080 g/mol. The van der Waals surface area contributed by atoms with Crippen molar-refractivity contribution >= 4 is 35.4 Å². The Bertz CT molecular complexity index is 2600. The number of carbonyl (C=O) groups excluding carboxylic acids is 6. The molecule has 2 aliphatic carbocycles. The van der Waals surface area contributed by atoms with Gasteiger partial charge in [-0.2, -0.15) is 0 Å². The smallest absolute Gasteiger partial charge is 0.253 e. The molecule has 6 amide bonds. The predicted molar refractivity (Wildman–Crippen MR) is 313 cm³/mol. The molecule has 0 radical (unpaired) electrons. The lowest BCUT2D eigenvalue weighted by Gasteiger charge is -2.42. The predicted octanol–water partition coefficient (Wildman–Crippen LogP) is 9.88. The zero-order valence-corrected chi connectivity index (χ0v) is 47.7. The maximum atomic E-state index is 14.8. The molecule has 8 rings (SSSR count). The van der Waals surface area contributed by atoms with Crippen LogP contribution in [0.2, 0.25) is 0 Å². The van der Waals surface area contributed by atoms with E-state index >= 15 is 0 Å². The van der Waals surface area contributed by atoms with E-state index in [-0.39, 0.29) is 65.3 Å². The van der Waals surface area contributed by atoms with Gasteiger partial charge in [0, 0.05) is 68.4 Å². The molecule has 2 saturated heterocycles. The van der Waals surface area contributed by atoms with Gasteiger partial charge < -0.3 is 35.6 Å². The SMILES string of the molecule is CN[C@@H](C)C(=O)N[C@H](C(=O)N1CCCC[C@H]1CN(CCc1ccccc1)C(=O)c1ccc(-c2ccc(C(=O)N(CCc3ccccc3)C[C@@H]3CCCCN3C(=O)[C@@H](NC(=O)C(C)C)C3CCCCC3)cc2)cc1)C1CCCCC1. The van der Waals surface area contributed by atoms with Crippen molar-refractivity contribution < 1.29 is 28.8 Å². The first kappa shape index (κ1) is 58.8. The number of carbonyl (C=O) groups is 6. The van der Waals surface area contributed by atoms with Crippen molar-refractivity contribution in [1.29, 1.82) is 0 Å². The van der Waals surface area contributed by atoms with Crippen LogP contribution in [-0.2, 0) is 32.0 Å². The van der Waals surface area contributed by atoms with Crippen molar-refractivity contribution in [3.05, 3.63) is 131 Å². The molecule has 2 aliphatic heterocycles. The van der Waals surface area contributed by atoms with Crippen LogP contribution in [-0.4, -0.2) is 132 Å². The van der Waals surface area contributed by atoms with Crippen LogP contribution in [0.15, 0.2) is 109 Å². The molecule has 4 fully saturated rings. The van der Waals surface area contributed by atoms with Crippen molar-refractivity contribution in [2.75, 3.05) is 46.3 Å². The van der Waals surface area contributed by atoms with Crippen LogP contribution in [0, 0.1) is 17.8 Å². The molecule has 4 aliphatic rings. The largest absolute Gasteiger partial charge is 0.344 e. The fourth-order valence-corrected chi connectivity index (χ4v) is 12.6. The maximum absolute atomic E-state index is 14.8. The van der Waals surface area contributed by atoms with Crippen LogP contribution in [0.1, 0.15) is 155 Å². The van der Waals surface area contributed by atoms with E-state index in [1.807, 2.05) is 125 Å². The third kappa shape index (κ3) is 15.9. The minimum absolute atomic E-state index is 0.0120. The second-order valence-corrected chi connectivity index (χ2v) is 23.4. The molecule has 0 bridgehead atoms. The number of hydrogen-bond acceptors (Lipinski definition) is 7. The summed E-state index contributed by atoms with van der Waals surface area (Å²) in [7, 11) is 1.75. The standard InChI is InChI=1S/C66H89N7O6/c1-47(2)61(74)68-59(53-25-13-7-14-26-53)65(78)72-41-19-17-29-57(72)45-70(43-39-49-21-9-5-10-22-49)63(76)55-35-31-51(32-36-55)52-33-37-56(38-34-52)64(77)71(44-40-50-23-11-6-12-24-50)46-58-30-18-20-42-73(58)66(79)60(54-27-15-8-16-28-54)69-62(75)48(3)67-4/h5-6,9-12,21-24,31-38,47-48,53-54,57-60,67H,7-8,13-20,25-30,39-46H2,1-4H3,(H,68,74)(H,69,75)/t48-,57-,58-,59-,60-/m0/s1. The quantitative estimate of drug-likeness (QED) is 0.0709. The van der Waals surface area contributed by atoms with Crippen molar-refractivity contribution in [1.82, 2.24) is 35.6 Å². The number of benzene rings is 4. The minimum Gasteiger partial charge on any atom is -0.344 e. The van der Waals surface area contributed by atoms with E-state index in [1.165, 1.54) is 0 Å². The first-order valence-corrected chi connectivity index (χ1v) is 30.1. The summed E-state index contributed by atoms with van der Waals surface area (Å²) in [6.07, 6.45) is 16.8. The van der Waals surface area contributed by atoms with Gasteiger partial charge in [-0.05, 0) is 149 Å². The number of hydrogen-bond donors (Lipinski definition) is 3. The molecule has 0 aromatic heterocycles. The Morgan fingerprint density at radius 3 is 1.24 bits per heavy atom. The highest BCUT2D eigenvalue weighted by Crippen LogP contribution is 2.32. The summed E-state index contributed by atoms with van der Waals surface area (Å²) in [5.74, 6) is -0.545. The molecule has 2 saturated carbocycles. The van der Waals surface area contributed by atoms with Gasteiger partial charge in [-0.3, -0.25) is 28.8 Å². The zero-order valence-electron chi connectivity index (χ0n) is 47.7. The molecule has 2 heterocycles. The summed E-state index contributed by atoms with van der Waals surface area (Å²) < 4.78 is 0. The summed E-state index contributed by atoms with van der Waals surface area (Å²) in [4.78, 5) is 93.3. The van der Waals surface area contributed by atoms with Gasteiger partial charge in [-0.25, -0.2) is 0 Å². The van der Waals surface area contributed by atoms with Crippen LogP contribution in [0.5, 0.6) is 0 Å². The van der Waals surface area contributed by atoms with Gasteiger partial charge in [0.25, 0.3) is 11.8 Å². The van der Waals surface area contributed by atoms with E-state index in [4.69, 9.17) is 0 Å². The summed E-state index contributed by atoms with van der Waals surface area (Å²) in [5.41, 5.74) is 5.20. The minimum atomic E-state index is -0.601. The third-order valence-electron chi connectivity index (χ3n) is 17.6. The summed E-state index contributed by atoms with van der Waals surface area (Å²) in [6.45, 7) is 8.52. The molecule has 0 spiro atoms. The van der Waals surface area contributed by atoms with Crippen molar-refractivity contribution in [2.45, 2.75) is 167 Å². The first-order valence-electron chi connectivity index (χ1n) is 30.1. The fraction of sp³-hybridized carbons (Fsp3) is 0.545. The second-order valence-electron chi connectivity index (χ2n) is 23.4. The number of piperidine rings is 2. The van der Waals surface area contributed by atoms with E-state index in [0.717, 1.165) is 125 Å². The molecular formula is C66H89N7O6. The van der Waals surface area contributed by atoms with Crippen molar-refractivity contribution in [3.63, 3.8) is 0 Å². The summed E-state index contributed by atoms with van der Waals surface area (Å²) in [6, 6.07) is 33.8. The van der Waals surface area contributed by atoms with Gasteiger partial charge in [0.05, 0.1) is 6.04 Å². The fourth-order valence-electron chi connectivity index (χ4n) is 12.6. The summed E-state index contributed by atoms with van der Waals surface area (Å²) in [5, 5.41) is 9.38. The van der Waals surface area contributed by atoms with Crippen LogP contribution in [0.3, 0.4) is 0 Å². The highest BCUT2D eigenvalue weighted by molar-refractivity contribution is 5.96. The van der Waals surface area contributed by atoms with Crippen LogP contribution in [0.4, 0.5) is 0 Å². The van der Waals surface area contributed by atoms with Gasteiger partial charge >= 0.3 is 0 Å². The monoisotopic (exact) mass is 1080 g/mol. The third-order valence-corrected chi connectivity index (χ3v) is 17.6. The normalized spacial score (nSPS) is 19.5. The van der Waals surface area contributed by atoms with Gasteiger partial charge in [0.15, 0.2) is 0 Å². The second kappa shape index (κ2) is 29.2. The topological polar surface area (TPSA) is 151 Å². The Kier molecular flexibility index (Phi) is 21.7. The Balaban J connectivity index is 0.984. The Morgan fingerprint density at radius 2 is 0.861 bits per heavy atom. The summed E-state index contributed by atoms with van der Waals surface area (Å²) >= 11 is 0. The van der Waals surface area contributed by atoms with Gasteiger partial charge in [0.2, 0.25) is 23.6 Å². The molecule has 13 nitrogen and oxygen atoms in total. The lowest BCUT2D eigenvalue weighted by molar-refractivity contribution is -0.142. The lowest BCUT2D eigenvalue weighted by Crippen LogP contribution is -2.60. The van der Waals surface area contributed by atoms with E-state index in [2.05, 4.69) is 40.2 Å². The van der Waals surface area contributed by atoms with Crippen molar-refractivity contribution in [2.24, 2.45) is 17.8 Å². The zero-order chi connectivity index (χ0) is 55.7. The highest BCUT2D eigenvalue weighted by Gasteiger charge is 2.41. The number of likely N-dealkylation sites (N-methyl/N-ethyl adjacent to an activating group) is 1. The maximum Gasteiger partial charge on any atom is 0.253 e. The van der Waals surface area contributed by atoms with Gasteiger partial charge in [0.1, 0.15) is 12.1 Å².